The van der Waals surface area contributed by atoms with E-state index in [0.717, 1.165) is 0 Å². The smallest absolute Gasteiger partial charge is 0.192 e. The zero-order chi connectivity index (χ0) is 23.5. The Morgan fingerprint density at radius 2 is 1.60 bits per heavy atom. The van der Waals surface area contributed by atoms with Gasteiger partial charge >= 0.3 is 0 Å². The number of halogens is 1. The summed E-state index contributed by atoms with van der Waals surface area (Å²) < 4.78 is 13.3. The summed E-state index contributed by atoms with van der Waals surface area (Å²) in [5, 5.41) is 11.0. The number of aromatic nitrogens is 1. The molecule has 1 aromatic heterocycles. The van der Waals surface area contributed by atoms with Gasteiger partial charge in [0, 0.05) is 6.42 Å². The van der Waals surface area contributed by atoms with Crippen LogP contribution in [0, 0.1) is 0 Å². The predicted molar refractivity (Wildman–Crippen MR) is 132 cm³/mol. The van der Waals surface area contributed by atoms with Crippen molar-refractivity contribution in [2.45, 2.75) is 96.4 Å². The highest BCUT2D eigenvalue weighted by atomic mass is 79.9. The number of ketones is 1. The third-order valence-corrected chi connectivity index (χ3v) is 15.9. The fourth-order valence-corrected chi connectivity index (χ4v) is 4.99. The van der Waals surface area contributed by atoms with E-state index < -0.39 is 28.8 Å². The maximum absolute atomic E-state index is 12.9. The predicted octanol–water partition coefficient (Wildman–Crippen LogP) is 6.19. The van der Waals surface area contributed by atoms with E-state index in [1.54, 1.807) is 18.2 Å². The van der Waals surface area contributed by atoms with Gasteiger partial charge in [0.15, 0.2) is 22.4 Å². The fraction of sp³-hybridized carbons (Fsp3) is 0.727. The number of carbonyl (C=O) groups is 1. The average molecular weight is 519 g/mol. The summed E-state index contributed by atoms with van der Waals surface area (Å²) in [6.45, 7) is 21.7. The zero-order valence-corrected chi connectivity index (χ0v) is 23.9. The Bertz CT molecular complexity index is 727. The number of Topliss-reactive ketones (excluding diaryl/α,β-unsaturated/α-hetero) is 1. The lowest BCUT2D eigenvalue weighted by Crippen LogP contribution is -2.50. The van der Waals surface area contributed by atoms with E-state index in [-0.39, 0.29) is 28.9 Å². The monoisotopic (exact) mass is 517 g/mol. The molecule has 0 amide bonds. The van der Waals surface area contributed by atoms with Crippen LogP contribution in [0.3, 0.4) is 0 Å². The minimum absolute atomic E-state index is 0.0394. The molecule has 0 aromatic carbocycles. The molecule has 0 unspecified atom stereocenters. The molecular weight excluding hydrogens is 478 g/mol. The van der Waals surface area contributed by atoms with Crippen molar-refractivity contribution in [3.05, 3.63) is 28.5 Å². The zero-order valence-electron chi connectivity index (χ0n) is 20.3. The number of pyridine rings is 1. The normalized spacial score (nSPS) is 15.7. The lowest BCUT2D eigenvalue weighted by atomic mass is 10.1. The van der Waals surface area contributed by atoms with Crippen LogP contribution in [0.4, 0.5) is 0 Å². The molecule has 0 aliphatic rings. The maximum Gasteiger partial charge on any atom is 0.192 e. The van der Waals surface area contributed by atoms with E-state index >= 15 is 0 Å². The molecule has 0 aliphatic heterocycles. The Hall–Kier alpha value is -0.386. The van der Waals surface area contributed by atoms with Crippen LogP contribution in [0.15, 0.2) is 22.8 Å². The van der Waals surface area contributed by atoms with Crippen molar-refractivity contribution in [2.24, 2.45) is 0 Å². The molecule has 0 saturated heterocycles. The highest BCUT2D eigenvalue weighted by Crippen LogP contribution is 2.39. The van der Waals surface area contributed by atoms with Gasteiger partial charge in [-0.1, -0.05) is 47.6 Å². The van der Waals surface area contributed by atoms with Crippen molar-refractivity contribution >= 4 is 38.3 Å². The summed E-state index contributed by atoms with van der Waals surface area (Å²) in [4.78, 5) is 17.2. The second kappa shape index (κ2) is 10.0. The Morgan fingerprint density at radius 3 is 2.07 bits per heavy atom. The maximum atomic E-state index is 12.9. The third-order valence-electron chi connectivity index (χ3n) is 6.49. The van der Waals surface area contributed by atoms with Crippen LogP contribution in [-0.4, -0.2) is 51.3 Å². The quantitative estimate of drug-likeness (QED) is 0.240. The highest BCUT2D eigenvalue weighted by molar-refractivity contribution is 9.10. The van der Waals surface area contributed by atoms with Crippen molar-refractivity contribution in [3.8, 4) is 0 Å². The molecule has 0 saturated carbocycles. The number of hydrogen-bond donors (Lipinski definition) is 1. The Balaban J connectivity index is 3.06. The highest BCUT2D eigenvalue weighted by Gasteiger charge is 2.42. The van der Waals surface area contributed by atoms with Crippen LogP contribution < -0.4 is 0 Å². The van der Waals surface area contributed by atoms with Crippen LogP contribution in [0.1, 0.15) is 58.5 Å². The molecule has 2 atom stereocenters. The van der Waals surface area contributed by atoms with Gasteiger partial charge in [-0.25, -0.2) is 4.98 Å². The first-order chi connectivity index (χ1) is 13.4. The van der Waals surface area contributed by atoms with Crippen LogP contribution >= 0.6 is 15.9 Å². The SMILES string of the molecule is CC(C)(C)[Si](C)(C)OC[C@@H](O)[C@H](CC(=O)c1cccc(Br)n1)O[Si](C)(C)C(C)(C)C. The first kappa shape index (κ1) is 27.6. The number of rotatable bonds is 9. The Labute approximate surface area is 193 Å². The van der Waals surface area contributed by atoms with E-state index in [1.165, 1.54) is 0 Å². The standard InChI is InChI=1S/C22H40BrNO4Si2/c1-21(2,3)29(7,8)27-15-18(26)19(28-30(9,10)22(4,5)6)14-17(25)16-12-11-13-20(23)24-16/h11-13,18-19,26H,14-15H2,1-10H3/t18-,19+/m1/s1. The average Bonchev–Trinajstić information content (AvgIpc) is 2.56. The second-order valence-corrected chi connectivity index (χ2v) is 21.4. The summed E-state index contributed by atoms with van der Waals surface area (Å²) in [6, 6.07) is 5.25. The van der Waals surface area contributed by atoms with Gasteiger partial charge in [0.2, 0.25) is 0 Å². The topological polar surface area (TPSA) is 68.7 Å². The Kier molecular flexibility index (Phi) is 9.25. The van der Waals surface area contributed by atoms with Crippen molar-refractivity contribution in [1.29, 1.82) is 0 Å². The molecule has 0 bridgehead atoms. The lowest BCUT2D eigenvalue weighted by molar-refractivity contribution is -0.00552. The first-order valence-corrected chi connectivity index (χ1v) is 17.1. The van der Waals surface area contributed by atoms with E-state index in [2.05, 4.69) is 88.6 Å². The summed E-state index contributed by atoms with van der Waals surface area (Å²) in [6.07, 6.45) is -1.45. The van der Waals surface area contributed by atoms with Gasteiger partial charge < -0.3 is 14.0 Å². The molecule has 0 fully saturated rings. The summed E-state index contributed by atoms with van der Waals surface area (Å²) in [7, 11) is -4.23. The van der Waals surface area contributed by atoms with Crippen molar-refractivity contribution in [2.75, 3.05) is 6.61 Å². The second-order valence-electron chi connectivity index (χ2n) is 11.0. The van der Waals surface area contributed by atoms with Crippen LogP contribution in [0.5, 0.6) is 0 Å². The van der Waals surface area contributed by atoms with Gasteiger partial charge in [0.05, 0.1) is 12.7 Å². The summed E-state index contributed by atoms with van der Waals surface area (Å²) in [5.41, 5.74) is 0.366. The van der Waals surface area contributed by atoms with E-state index in [4.69, 9.17) is 8.85 Å². The van der Waals surface area contributed by atoms with Gasteiger partial charge in [-0.3, -0.25) is 4.79 Å². The van der Waals surface area contributed by atoms with Gasteiger partial charge in [-0.15, -0.1) is 0 Å². The largest absolute Gasteiger partial charge is 0.414 e. The minimum Gasteiger partial charge on any atom is -0.414 e. The van der Waals surface area contributed by atoms with E-state index in [1.807, 2.05) is 0 Å². The summed E-state index contributed by atoms with van der Waals surface area (Å²) >= 11 is 3.31. The number of aliphatic hydroxyl groups is 1. The molecule has 1 aromatic rings. The first-order valence-electron chi connectivity index (χ1n) is 10.5. The molecule has 5 nitrogen and oxygen atoms in total. The van der Waals surface area contributed by atoms with E-state index in [0.29, 0.717) is 10.3 Å². The van der Waals surface area contributed by atoms with Gasteiger partial charge in [0.25, 0.3) is 0 Å². The molecule has 1 heterocycles. The molecule has 172 valence electrons. The van der Waals surface area contributed by atoms with Gasteiger partial charge in [-0.05, 0) is 64.3 Å². The van der Waals surface area contributed by atoms with Crippen LogP contribution in [0.2, 0.25) is 36.3 Å². The lowest BCUT2D eigenvalue weighted by Gasteiger charge is -2.41. The molecule has 0 aliphatic carbocycles. The molecule has 1 rings (SSSR count). The number of hydrogen-bond acceptors (Lipinski definition) is 5. The molecule has 1 N–H and O–H groups in total. The third kappa shape index (κ3) is 7.63. The van der Waals surface area contributed by atoms with Crippen LogP contribution in [0.25, 0.3) is 0 Å². The number of carbonyl (C=O) groups excluding carboxylic acids is 1. The molecule has 0 radical (unpaired) electrons. The van der Waals surface area contributed by atoms with Gasteiger partial charge in [-0.2, -0.15) is 0 Å². The number of nitrogens with zero attached hydrogens (tertiary/aromatic N) is 1. The minimum atomic E-state index is -2.21. The summed E-state index contributed by atoms with van der Waals surface area (Å²) in [5.74, 6) is -0.147. The molecule has 8 heteroatoms. The fourth-order valence-electron chi connectivity index (χ4n) is 2.28. The van der Waals surface area contributed by atoms with Crippen molar-refractivity contribution < 1.29 is 18.8 Å². The molecular formula is C22H40BrNO4Si2. The van der Waals surface area contributed by atoms with E-state index in [9.17, 15) is 9.90 Å². The van der Waals surface area contributed by atoms with Crippen molar-refractivity contribution in [1.82, 2.24) is 4.98 Å². The van der Waals surface area contributed by atoms with Gasteiger partial charge in [0.1, 0.15) is 16.4 Å². The van der Waals surface area contributed by atoms with Crippen LogP contribution in [-0.2, 0) is 8.85 Å². The van der Waals surface area contributed by atoms with Crippen molar-refractivity contribution in [3.63, 3.8) is 0 Å². The Morgan fingerprint density at radius 1 is 1.07 bits per heavy atom. The number of aliphatic hydroxyl groups excluding tert-OH is 1. The molecule has 0 spiro atoms. The molecule has 30 heavy (non-hydrogen) atoms.